The Morgan fingerprint density at radius 2 is 2.11 bits per heavy atom. The number of carboxylic acids is 1. The molecule has 0 radical (unpaired) electrons. The van der Waals surface area contributed by atoms with E-state index < -0.39 is 22.9 Å². The predicted molar refractivity (Wildman–Crippen MR) is 66.5 cm³/mol. The normalized spacial score (nSPS) is 10.5. The first-order valence-corrected chi connectivity index (χ1v) is 5.57. The first kappa shape index (κ1) is 13.2. The van der Waals surface area contributed by atoms with Crippen LogP contribution in [0.25, 0.3) is 5.69 Å². The van der Waals surface area contributed by atoms with E-state index in [1.54, 1.807) is 6.92 Å². The summed E-state index contributed by atoms with van der Waals surface area (Å²) >= 11 is 5.92. The van der Waals surface area contributed by atoms with E-state index in [-0.39, 0.29) is 10.7 Å². The lowest BCUT2D eigenvalue weighted by molar-refractivity contribution is 0.0686. The fourth-order valence-electron chi connectivity index (χ4n) is 1.59. The lowest BCUT2D eigenvalue weighted by atomic mass is 10.2. The predicted octanol–water partition coefficient (Wildman–Crippen LogP) is 2.03. The number of aromatic carboxylic acids is 1. The largest absolute Gasteiger partial charge is 0.476 e. The van der Waals surface area contributed by atoms with Gasteiger partial charge in [-0.1, -0.05) is 11.6 Å². The van der Waals surface area contributed by atoms with Crippen LogP contribution in [-0.2, 0) is 0 Å². The van der Waals surface area contributed by atoms with E-state index >= 15 is 0 Å². The highest BCUT2D eigenvalue weighted by Crippen LogP contribution is 2.21. The summed E-state index contributed by atoms with van der Waals surface area (Å²) in [5.41, 5.74) is -0.844. The number of aromatic nitrogens is 2. The van der Waals surface area contributed by atoms with Gasteiger partial charge in [0.1, 0.15) is 5.82 Å². The van der Waals surface area contributed by atoms with Gasteiger partial charge >= 0.3 is 5.97 Å². The van der Waals surface area contributed by atoms with Crippen molar-refractivity contribution >= 4 is 17.6 Å². The van der Waals surface area contributed by atoms with E-state index in [0.29, 0.717) is 5.69 Å². The average molecular weight is 283 g/mol. The van der Waals surface area contributed by atoms with Crippen LogP contribution in [0, 0.1) is 12.7 Å². The van der Waals surface area contributed by atoms with Gasteiger partial charge in [-0.15, -0.1) is 0 Å². The summed E-state index contributed by atoms with van der Waals surface area (Å²) < 4.78 is 14.3. The van der Waals surface area contributed by atoms with Crippen molar-refractivity contribution < 1.29 is 14.3 Å². The summed E-state index contributed by atoms with van der Waals surface area (Å²) in [7, 11) is 0. The molecule has 0 unspecified atom stereocenters. The van der Waals surface area contributed by atoms with Crippen molar-refractivity contribution in [2.75, 3.05) is 0 Å². The third-order valence-electron chi connectivity index (χ3n) is 2.45. The fraction of sp³-hybridized carbons (Fsp3) is 0.0833. The molecule has 0 aliphatic rings. The third-order valence-corrected chi connectivity index (χ3v) is 2.77. The number of nitrogens with zero attached hydrogens (tertiary/aromatic N) is 2. The average Bonchev–Trinajstić information content (AvgIpc) is 2.32. The van der Waals surface area contributed by atoms with Gasteiger partial charge in [-0.3, -0.25) is 4.79 Å². The molecular formula is C12H8ClFN2O3. The van der Waals surface area contributed by atoms with E-state index in [9.17, 15) is 14.0 Å². The molecule has 19 heavy (non-hydrogen) atoms. The Labute approximate surface area is 111 Å². The number of carbonyl (C=O) groups is 1. The van der Waals surface area contributed by atoms with Gasteiger partial charge in [0.25, 0.3) is 0 Å². The van der Waals surface area contributed by atoms with Gasteiger partial charge in [0.05, 0.1) is 10.7 Å². The maximum atomic E-state index is 13.2. The number of halogens is 2. The number of hydrogen-bond donors (Lipinski definition) is 1. The number of aryl methyl sites for hydroxylation is 1. The molecule has 0 bridgehead atoms. The molecule has 7 heteroatoms. The molecule has 1 aromatic carbocycles. The van der Waals surface area contributed by atoms with Gasteiger partial charge < -0.3 is 5.11 Å². The zero-order valence-corrected chi connectivity index (χ0v) is 10.5. The van der Waals surface area contributed by atoms with E-state index in [4.69, 9.17) is 16.7 Å². The number of hydrogen-bond acceptors (Lipinski definition) is 3. The molecule has 1 aromatic heterocycles. The lowest BCUT2D eigenvalue weighted by Crippen LogP contribution is -2.22. The standard InChI is InChI=1S/C12H8ClFN2O3/c1-6-4-10(17)11(12(18)19)15-16(6)9-5-7(14)2-3-8(9)13/h2-5H,1H3,(H,18,19). The van der Waals surface area contributed by atoms with Crippen molar-refractivity contribution in [1.29, 1.82) is 0 Å². The molecule has 1 N–H and O–H groups in total. The van der Waals surface area contributed by atoms with Crippen LogP contribution in [0.15, 0.2) is 29.1 Å². The van der Waals surface area contributed by atoms with Gasteiger partial charge in [0.2, 0.25) is 11.1 Å². The van der Waals surface area contributed by atoms with E-state index in [1.165, 1.54) is 12.1 Å². The molecule has 0 saturated carbocycles. The Hall–Kier alpha value is -2.21. The van der Waals surface area contributed by atoms with Crippen molar-refractivity contribution in [3.05, 3.63) is 56.7 Å². The molecule has 0 saturated heterocycles. The molecule has 0 amide bonds. The van der Waals surface area contributed by atoms with Gasteiger partial charge in [-0.2, -0.15) is 5.10 Å². The van der Waals surface area contributed by atoms with Crippen LogP contribution in [0.5, 0.6) is 0 Å². The molecule has 0 spiro atoms. The monoisotopic (exact) mass is 282 g/mol. The van der Waals surface area contributed by atoms with Crippen molar-refractivity contribution in [3.8, 4) is 5.69 Å². The second-order valence-electron chi connectivity index (χ2n) is 3.81. The Morgan fingerprint density at radius 1 is 1.42 bits per heavy atom. The molecule has 98 valence electrons. The molecule has 0 atom stereocenters. The highest BCUT2D eigenvalue weighted by molar-refractivity contribution is 6.32. The zero-order valence-electron chi connectivity index (χ0n) is 9.72. The minimum atomic E-state index is -1.45. The summed E-state index contributed by atoms with van der Waals surface area (Å²) in [6.07, 6.45) is 0. The van der Waals surface area contributed by atoms with Crippen LogP contribution < -0.4 is 5.43 Å². The number of benzene rings is 1. The highest BCUT2D eigenvalue weighted by atomic mass is 35.5. The van der Waals surface area contributed by atoms with Crippen LogP contribution in [-0.4, -0.2) is 20.9 Å². The first-order valence-electron chi connectivity index (χ1n) is 5.20. The van der Waals surface area contributed by atoms with Gasteiger partial charge in [0, 0.05) is 17.8 Å². The molecule has 0 aliphatic carbocycles. The third kappa shape index (κ3) is 2.48. The fourth-order valence-corrected chi connectivity index (χ4v) is 1.79. The topological polar surface area (TPSA) is 72.2 Å². The number of carboxylic acid groups (broad SMARTS) is 1. The summed E-state index contributed by atoms with van der Waals surface area (Å²) in [5, 5.41) is 12.8. The van der Waals surface area contributed by atoms with Crippen molar-refractivity contribution in [1.82, 2.24) is 9.78 Å². The van der Waals surface area contributed by atoms with Gasteiger partial charge in [-0.05, 0) is 19.1 Å². The summed E-state index contributed by atoms with van der Waals surface area (Å²) in [6, 6.07) is 4.71. The smallest absolute Gasteiger partial charge is 0.360 e. The molecule has 2 rings (SSSR count). The molecular weight excluding hydrogens is 275 g/mol. The molecule has 1 heterocycles. The van der Waals surface area contributed by atoms with Crippen LogP contribution in [0.2, 0.25) is 5.02 Å². The van der Waals surface area contributed by atoms with Crippen LogP contribution in [0.3, 0.4) is 0 Å². The van der Waals surface area contributed by atoms with E-state index in [2.05, 4.69) is 5.10 Å². The molecule has 0 aliphatic heterocycles. The van der Waals surface area contributed by atoms with Crippen LogP contribution in [0.1, 0.15) is 16.2 Å². The second-order valence-corrected chi connectivity index (χ2v) is 4.22. The van der Waals surface area contributed by atoms with E-state index in [0.717, 1.165) is 16.8 Å². The Bertz CT molecular complexity index is 727. The highest BCUT2D eigenvalue weighted by Gasteiger charge is 2.15. The molecule has 0 fully saturated rings. The lowest BCUT2D eigenvalue weighted by Gasteiger charge is -2.11. The zero-order chi connectivity index (χ0) is 14.2. The number of rotatable bonds is 2. The SMILES string of the molecule is Cc1cc(=O)c(C(=O)O)nn1-c1cc(F)ccc1Cl. The minimum absolute atomic E-state index is 0.168. The Morgan fingerprint density at radius 3 is 2.74 bits per heavy atom. The van der Waals surface area contributed by atoms with Crippen LogP contribution in [0.4, 0.5) is 4.39 Å². The Balaban J connectivity index is 2.75. The van der Waals surface area contributed by atoms with Gasteiger partial charge in [-0.25, -0.2) is 13.9 Å². The summed E-state index contributed by atoms with van der Waals surface area (Å²) in [5.74, 6) is -2.00. The summed E-state index contributed by atoms with van der Waals surface area (Å²) in [4.78, 5) is 22.3. The van der Waals surface area contributed by atoms with Crippen LogP contribution >= 0.6 is 11.6 Å². The maximum Gasteiger partial charge on any atom is 0.360 e. The quantitative estimate of drug-likeness (QED) is 0.915. The molecule has 2 aromatic rings. The Kier molecular flexibility index (Phi) is 3.35. The van der Waals surface area contributed by atoms with E-state index in [1.807, 2.05) is 0 Å². The van der Waals surface area contributed by atoms with Crippen molar-refractivity contribution in [2.24, 2.45) is 0 Å². The molecule has 5 nitrogen and oxygen atoms in total. The van der Waals surface area contributed by atoms with Crippen molar-refractivity contribution in [3.63, 3.8) is 0 Å². The minimum Gasteiger partial charge on any atom is -0.476 e. The summed E-state index contributed by atoms with van der Waals surface area (Å²) in [6.45, 7) is 1.54. The van der Waals surface area contributed by atoms with Crippen molar-refractivity contribution in [2.45, 2.75) is 6.92 Å². The maximum absolute atomic E-state index is 13.2. The second kappa shape index (κ2) is 4.81. The van der Waals surface area contributed by atoms with Gasteiger partial charge in [0.15, 0.2) is 0 Å². The first-order chi connectivity index (χ1) is 8.90.